The van der Waals surface area contributed by atoms with E-state index in [-0.39, 0.29) is 5.91 Å². The minimum atomic E-state index is -0.192. The highest BCUT2D eigenvalue weighted by Gasteiger charge is 2.12. The number of nitrogens with one attached hydrogen (secondary N) is 1. The van der Waals surface area contributed by atoms with Crippen molar-refractivity contribution in [2.24, 2.45) is 0 Å². The lowest BCUT2D eigenvalue weighted by Gasteiger charge is -2.10. The highest BCUT2D eigenvalue weighted by Crippen LogP contribution is 2.23. The van der Waals surface area contributed by atoms with Crippen molar-refractivity contribution in [1.29, 1.82) is 0 Å². The molecule has 1 amide bonds. The SMILES string of the molecule is Cc1nn(-c2ccc(C(=O)Nc3cccc(OCc4ccccn4)c3)cc2)c(C)c1Br. The van der Waals surface area contributed by atoms with Crippen LogP contribution in [0.3, 0.4) is 0 Å². The average molecular weight is 477 g/mol. The summed E-state index contributed by atoms with van der Waals surface area (Å²) in [7, 11) is 0. The molecule has 7 heteroatoms. The maximum atomic E-state index is 12.7. The number of hydrogen-bond acceptors (Lipinski definition) is 4. The predicted octanol–water partition coefficient (Wildman–Crippen LogP) is 5.48. The van der Waals surface area contributed by atoms with Gasteiger partial charge in [0.25, 0.3) is 5.91 Å². The van der Waals surface area contributed by atoms with Crippen molar-refractivity contribution >= 4 is 27.5 Å². The van der Waals surface area contributed by atoms with Crippen LogP contribution < -0.4 is 10.1 Å². The summed E-state index contributed by atoms with van der Waals surface area (Å²) in [6.45, 7) is 4.30. The zero-order valence-corrected chi connectivity index (χ0v) is 18.8. The first-order valence-electron chi connectivity index (χ1n) is 9.77. The molecule has 0 fully saturated rings. The van der Waals surface area contributed by atoms with Crippen molar-refractivity contribution in [2.75, 3.05) is 5.32 Å². The molecule has 0 unspecified atom stereocenters. The number of benzene rings is 2. The third-order valence-electron chi connectivity index (χ3n) is 4.78. The van der Waals surface area contributed by atoms with Crippen LogP contribution in [0.5, 0.6) is 5.75 Å². The summed E-state index contributed by atoms with van der Waals surface area (Å²) < 4.78 is 8.62. The summed E-state index contributed by atoms with van der Waals surface area (Å²) in [5, 5.41) is 7.44. The molecular weight excluding hydrogens is 456 g/mol. The first kappa shape index (κ1) is 20.8. The van der Waals surface area contributed by atoms with Gasteiger partial charge >= 0.3 is 0 Å². The number of aryl methyl sites for hydroxylation is 1. The minimum Gasteiger partial charge on any atom is -0.487 e. The topological polar surface area (TPSA) is 69.0 Å². The van der Waals surface area contributed by atoms with Crippen LogP contribution in [0, 0.1) is 13.8 Å². The van der Waals surface area contributed by atoms with E-state index in [1.807, 2.05) is 67.1 Å². The molecule has 0 aliphatic heterocycles. The lowest BCUT2D eigenvalue weighted by Crippen LogP contribution is -2.12. The standard InChI is InChI=1S/C24H21BrN4O2/c1-16-23(25)17(2)29(28-16)21-11-9-18(10-12-21)24(30)27-19-7-5-8-22(14-19)31-15-20-6-3-4-13-26-20/h3-14H,15H2,1-2H3,(H,27,30). The summed E-state index contributed by atoms with van der Waals surface area (Å²) in [6, 6.07) is 20.3. The van der Waals surface area contributed by atoms with E-state index < -0.39 is 0 Å². The summed E-state index contributed by atoms with van der Waals surface area (Å²) in [6.07, 6.45) is 1.73. The molecule has 156 valence electrons. The number of nitrogens with zero attached hydrogens (tertiary/aromatic N) is 3. The minimum absolute atomic E-state index is 0.192. The quantitative estimate of drug-likeness (QED) is 0.400. The first-order chi connectivity index (χ1) is 15.0. The molecule has 0 bridgehead atoms. The van der Waals surface area contributed by atoms with E-state index in [0.717, 1.165) is 27.2 Å². The van der Waals surface area contributed by atoms with Gasteiger partial charge in [-0.15, -0.1) is 0 Å². The van der Waals surface area contributed by atoms with Gasteiger partial charge in [0.1, 0.15) is 12.4 Å². The molecule has 0 radical (unpaired) electrons. The highest BCUT2D eigenvalue weighted by molar-refractivity contribution is 9.10. The van der Waals surface area contributed by atoms with Gasteiger partial charge in [-0.05, 0) is 78.3 Å². The number of anilines is 1. The third-order valence-corrected chi connectivity index (χ3v) is 5.93. The van der Waals surface area contributed by atoms with Gasteiger partial charge < -0.3 is 10.1 Å². The smallest absolute Gasteiger partial charge is 0.255 e. The van der Waals surface area contributed by atoms with Gasteiger partial charge in [0.2, 0.25) is 0 Å². The van der Waals surface area contributed by atoms with Crippen LogP contribution in [0.2, 0.25) is 0 Å². The van der Waals surface area contributed by atoms with Crippen LogP contribution in [0.4, 0.5) is 5.69 Å². The van der Waals surface area contributed by atoms with Gasteiger partial charge in [0.05, 0.1) is 27.2 Å². The van der Waals surface area contributed by atoms with E-state index in [1.54, 1.807) is 24.4 Å². The van der Waals surface area contributed by atoms with Gasteiger partial charge in [0, 0.05) is 23.5 Å². The van der Waals surface area contributed by atoms with E-state index in [0.29, 0.717) is 23.6 Å². The van der Waals surface area contributed by atoms with Gasteiger partial charge in [-0.1, -0.05) is 12.1 Å². The Morgan fingerprint density at radius 2 is 1.87 bits per heavy atom. The second-order valence-electron chi connectivity index (χ2n) is 7.04. The van der Waals surface area contributed by atoms with Crippen LogP contribution in [0.15, 0.2) is 77.4 Å². The summed E-state index contributed by atoms with van der Waals surface area (Å²) >= 11 is 3.54. The number of ether oxygens (including phenoxy) is 1. The fourth-order valence-electron chi connectivity index (χ4n) is 3.14. The van der Waals surface area contributed by atoms with E-state index in [1.165, 1.54) is 0 Å². The van der Waals surface area contributed by atoms with Crippen molar-refractivity contribution in [3.8, 4) is 11.4 Å². The monoisotopic (exact) mass is 476 g/mol. The number of amides is 1. The largest absolute Gasteiger partial charge is 0.487 e. The number of rotatable bonds is 6. The van der Waals surface area contributed by atoms with Crippen molar-refractivity contribution < 1.29 is 9.53 Å². The maximum Gasteiger partial charge on any atom is 0.255 e. The zero-order chi connectivity index (χ0) is 21.8. The lowest BCUT2D eigenvalue weighted by atomic mass is 10.2. The van der Waals surface area contributed by atoms with Crippen molar-refractivity contribution in [3.05, 3.63) is 100 Å². The second-order valence-corrected chi connectivity index (χ2v) is 7.83. The molecule has 0 aliphatic carbocycles. The Hall–Kier alpha value is -3.45. The number of carbonyl (C=O) groups excluding carboxylic acids is 1. The van der Waals surface area contributed by atoms with E-state index >= 15 is 0 Å². The molecule has 31 heavy (non-hydrogen) atoms. The van der Waals surface area contributed by atoms with Crippen molar-refractivity contribution in [1.82, 2.24) is 14.8 Å². The molecular formula is C24H21BrN4O2. The Balaban J connectivity index is 1.43. The lowest BCUT2D eigenvalue weighted by molar-refractivity contribution is 0.102. The molecule has 6 nitrogen and oxygen atoms in total. The number of carbonyl (C=O) groups is 1. The first-order valence-corrected chi connectivity index (χ1v) is 10.6. The Bertz CT molecular complexity index is 1200. The van der Waals surface area contributed by atoms with Gasteiger partial charge in [-0.3, -0.25) is 9.78 Å². The molecule has 2 heterocycles. The fraction of sp³-hybridized carbons (Fsp3) is 0.125. The molecule has 0 spiro atoms. The Kier molecular flexibility index (Phi) is 6.13. The third kappa shape index (κ3) is 4.83. The average Bonchev–Trinajstić information content (AvgIpc) is 3.06. The van der Waals surface area contributed by atoms with Gasteiger partial charge in [0.15, 0.2) is 0 Å². The van der Waals surface area contributed by atoms with Crippen LogP contribution in [0.1, 0.15) is 27.4 Å². The van der Waals surface area contributed by atoms with E-state index in [4.69, 9.17) is 4.74 Å². The molecule has 4 rings (SSSR count). The van der Waals surface area contributed by atoms with E-state index in [2.05, 4.69) is 31.3 Å². The number of halogens is 1. The Morgan fingerprint density at radius 1 is 1.06 bits per heavy atom. The molecule has 4 aromatic rings. The Labute approximate surface area is 189 Å². The van der Waals surface area contributed by atoms with Crippen LogP contribution in [0.25, 0.3) is 5.69 Å². The van der Waals surface area contributed by atoms with Crippen LogP contribution in [-0.4, -0.2) is 20.7 Å². The molecule has 2 aromatic heterocycles. The predicted molar refractivity (Wildman–Crippen MR) is 124 cm³/mol. The maximum absolute atomic E-state index is 12.7. The summed E-state index contributed by atoms with van der Waals surface area (Å²) in [5.74, 6) is 0.469. The van der Waals surface area contributed by atoms with Crippen LogP contribution >= 0.6 is 15.9 Å². The van der Waals surface area contributed by atoms with Gasteiger partial charge in [-0.2, -0.15) is 5.10 Å². The Morgan fingerprint density at radius 3 is 2.55 bits per heavy atom. The molecule has 0 saturated carbocycles. The molecule has 0 atom stereocenters. The molecule has 0 saturated heterocycles. The fourth-order valence-corrected chi connectivity index (χ4v) is 3.38. The van der Waals surface area contributed by atoms with Gasteiger partial charge in [-0.25, -0.2) is 4.68 Å². The number of hydrogen-bond donors (Lipinski definition) is 1. The molecule has 0 aliphatic rings. The van der Waals surface area contributed by atoms with E-state index in [9.17, 15) is 4.79 Å². The molecule has 1 N–H and O–H groups in total. The highest BCUT2D eigenvalue weighted by atomic mass is 79.9. The summed E-state index contributed by atoms with van der Waals surface area (Å²) in [4.78, 5) is 16.9. The second kappa shape index (κ2) is 9.14. The normalized spacial score (nSPS) is 10.7. The summed E-state index contributed by atoms with van der Waals surface area (Å²) in [5.41, 5.74) is 4.89. The van der Waals surface area contributed by atoms with Crippen molar-refractivity contribution in [3.63, 3.8) is 0 Å². The zero-order valence-electron chi connectivity index (χ0n) is 17.2. The number of pyridine rings is 1. The molecule has 2 aromatic carbocycles. The number of aromatic nitrogens is 3. The van der Waals surface area contributed by atoms with Crippen LogP contribution in [-0.2, 0) is 6.61 Å². The van der Waals surface area contributed by atoms with Crippen molar-refractivity contribution in [2.45, 2.75) is 20.5 Å².